The molecule has 0 heterocycles. The fourth-order valence-electron chi connectivity index (χ4n) is 3.04. The van der Waals surface area contributed by atoms with Gasteiger partial charge in [0.2, 0.25) is 0 Å². The summed E-state index contributed by atoms with van der Waals surface area (Å²) < 4.78 is 0. The van der Waals surface area contributed by atoms with Crippen LogP contribution in [0.5, 0.6) is 11.5 Å². The summed E-state index contributed by atoms with van der Waals surface area (Å²) in [6.07, 6.45) is 3.25. The topological polar surface area (TPSA) is 40.5 Å². The van der Waals surface area contributed by atoms with Crippen molar-refractivity contribution < 1.29 is 10.2 Å². The molecule has 2 heteroatoms. The van der Waals surface area contributed by atoms with E-state index in [9.17, 15) is 10.2 Å². The Kier molecular flexibility index (Phi) is 4.96. The molecule has 0 unspecified atom stereocenters. The zero-order valence-electron chi connectivity index (χ0n) is 16.7. The molecular formula is C23H30O2. The molecule has 0 atom stereocenters. The summed E-state index contributed by atoms with van der Waals surface area (Å²) in [4.78, 5) is 0. The first-order valence-corrected chi connectivity index (χ1v) is 8.76. The van der Waals surface area contributed by atoms with Crippen molar-refractivity contribution in [1.82, 2.24) is 0 Å². The second-order valence-electron chi connectivity index (χ2n) is 9.04. The van der Waals surface area contributed by atoms with E-state index in [1.54, 1.807) is 0 Å². The Balaban J connectivity index is 2.58. The summed E-state index contributed by atoms with van der Waals surface area (Å²) in [5.74, 6) is 0.465. The smallest absolute Gasteiger partial charge is 0.123 e. The first-order chi connectivity index (χ1) is 11.3. The standard InChI is InChI=1S/C23H30O2/c1-14-9-16(20(24)18(11-14)22(3,4)5)13-17-10-15(2)12-19(21(17)25)23(6,7)8/h9-12,24-25H,1-8H3. The second-order valence-corrected chi connectivity index (χ2v) is 9.04. The normalized spacial score (nSPS) is 12.5. The average Bonchev–Trinajstić information content (AvgIpc) is 2.43. The SMILES string of the molecule is Cc1cc([C]c2cc(C)cc(C(C)(C)C)c2O)c(O)c(C(C)(C)C)c1. The van der Waals surface area contributed by atoms with Gasteiger partial charge in [-0.25, -0.2) is 0 Å². The van der Waals surface area contributed by atoms with Gasteiger partial charge < -0.3 is 10.2 Å². The molecule has 0 saturated carbocycles. The highest BCUT2D eigenvalue weighted by Gasteiger charge is 2.24. The molecule has 0 bridgehead atoms. The van der Waals surface area contributed by atoms with Gasteiger partial charge in [0, 0.05) is 11.1 Å². The highest BCUT2D eigenvalue weighted by Crippen LogP contribution is 2.39. The first kappa shape index (κ1) is 19.4. The van der Waals surface area contributed by atoms with Gasteiger partial charge in [-0.2, -0.15) is 0 Å². The maximum Gasteiger partial charge on any atom is 0.123 e. The van der Waals surface area contributed by atoms with E-state index >= 15 is 0 Å². The van der Waals surface area contributed by atoms with Crippen LogP contribution in [-0.4, -0.2) is 10.2 Å². The number of aryl methyl sites for hydroxylation is 2. The van der Waals surface area contributed by atoms with Crippen LogP contribution >= 0.6 is 0 Å². The quantitative estimate of drug-likeness (QED) is 0.728. The largest absolute Gasteiger partial charge is 0.507 e. The number of benzene rings is 2. The molecule has 2 rings (SSSR count). The Labute approximate surface area is 152 Å². The Morgan fingerprint density at radius 2 is 0.960 bits per heavy atom. The monoisotopic (exact) mass is 338 g/mol. The number of hydrogen-bond donors (Lipinski definition) is 2. The van der Waals surface area contributed by atoms with Gasteiger partial charge in [0.05, 0.1) is 6.42 Å². The van der Waals surface area contributed by atoms with E-state index in [2.05, 4.69) is 48.0 Å². The van der Waals surface area contributed by atoms with Gasteiger partial charge in [-0.15, -0.1) is 0 Å². The van der Waals surface area contributed by atoms with E-state index in [1.165, 1.54) is 0 Å². The Morgan fingerprint density at radius 1 is 0.640 bits per heavy atom. The highest BCUT2D eigenvalue weighted by molar-refractivity contribution is 5.58. The summed E-state index contributed by atoms with van der Waals surface area (Å²) in [5, 5.41) is 21.5. The molecule has 0 aromatic heterocycles. The fraction of sp³-hybridized carbons (Fsp3) is 0.435. The summed E-state index contributed by atoms with van der Waals surface area (Å²) in [5.41, 5.74) is 4.80. The molecule has 0 aliphatic rings. The number of hydrogen-bond acceptors (Lipinski definition) is 2. The fourth-order valence-corrected chi connectivity index (χ4v) is 3.04. The molecule has 2 N–H and O–H groups in total. The van der Waals surface area contributed by atoms with Crippen LogP contribution < -0.4 is 0 Å². The number of rotatable bonds is 2. The Bertz CT molecular complexity index is 720. The molecule has 2 aromatic carbocycles. The number of phenols is 2. The van der Waals surface area contributed by atoms with Gasteiger partial charge in [0.25, 0.3) is 0 Å². The minimum atomic E-state index is -0.169. The van der Waals surface area contributed by atoms with Crippen molar-refractivity contribution in [1.29, 1.82) is 0 Å². The van der Waals surface area contributed by atoms with E-state index in [1.807, 2.05) is 38.1 Å². The van der Waals surface area contributed by atoms with E-state index in [4.69, 9.17) is 0 Å². The molecule has 2 aromatic rings. The lowest BCUT2D eigenvalue weighted by Crippen LogP contribution is -2.13. The summed E-state index contributed by atoms with van der Waals surface area (Å²) in [7, 11) is 0. The van der Waals surface area contributed by atoms with Crippen LogP contribution in [0.25, 0.3) is 0 Å². The molecule has 2 radical (unpaired) electrons. The van der Waals surface area contributed by atoms with Crippen molar-refractivity contribution in [3.05, 3.63) is 64.1 Å². The van der Waals surface area contributed by atoms with Crippen LogP contribution in [0.2, 0.25) is 0 Å². The predicted octanol–water partition coefficient (Wildman–Crippen LogP) is 5.79. The van der Waals surface area contributed by atoms with Crippen LogP contribution in [0.3, 0.4) is 0 Å². The van der Waals surface area contributed by atoms with Crippen molar-refractivity contribution in [2.45, 2.75) is 66.2 Å². The summed E-state index contributed by atoms with van der Waals surface area (Å²) >= 11 is 0. The average molecular weight is 338 g/mol. The molecule has 25 heavy (non-hydrogen) atoms. The van der Waals surface area contributed by atoms with Crippen LogP contribution in [0.1, 0.15) is 74.9 Å². The van der Waals surface area contributed by atoms with Crippen molar-refractivity contribution in [2.24, 2.45) is 0 Å². The van der Waals surface area contributed by atoms with Gasteiger partial charge in [-0.05, 0) is 35.8 Å². The molecule has 0 saturated heterocycles. The van der Waals surface area contributed by atoms with Gasteiger partial charge in [0.1, 0.15) is 11.5 Å². The summed E-state index contributed by atoms with van der Waals surface area (Å²) in [6.45, 7) is 16.5. The maximum absolute atomic E-state index is 10.8. The van der Waals surface area contributed by atoms with E-state index < -0.39 is 0 Å². The molecule has 0 fully saturated rings. The van der Waals surface area contributed by atoms with E-state index in [0.29, 0.717) is 11.1 Å². The van der Waals surface area contributed by atoms with E-state index in [0.717, 1.165) is 22.3 Å². The lowest BCUT2D eigenvalue weighted by atomic mass is 9.81. The molecule has 2 nitrogen and oxygen atoms in total. The molecule has 0 aliphatic carbocycles. The zero-order chi connectivity index (χ0) is 19.2. The molecule has 0 aliphatic heterocycles. The van der Waals surface area contributed by atoms with Crippen molar-refractivity contribution in [3.63, 3.8) is 0 Å². The third kappa shape index (κ3) is 4.18. The van der Waals surface area contributed by atoms with Gasteiger partial charge in [-0.3, -0.25) is 0 Å². The van der Waals surface area contributed by atoms with Crippen LogP contribution in [-0.2, 0) is 10.8 Å². The van der Waals surface area contributed by atoms with Crippen LogP contribution in [0.15, 0.2) is 24.3 Å². The first-order valence-electron chi connectivity index (χ1n) is 8.76. The van der Waals surface area contributed by atoms with Crippen LogP contribution in [0.4, 0.5) is 0 Å². The second kappa shape index (κ2) is 6.40. The molecule has 134 valence electrons. The van der Waals surface area contributed by atoms with Crippen molar-refractivity contribution in [2.75, 3.05) is 0 Å². The van der Waals surface area contributed by atoms with Gasteiger partial charge in [-0.1, -0.05) is 76.9 Å². The van der Waals surface area contributed by atoms with Gasteiger partial charge >= 0.3 is 0 Å². The zero-order valence-corrected chi connectivity index (χ0v) is 16.7. The highest BCUT2D eigenvalue weighted by atomic mass is 16.3. The lowest BCUT2D eigenvalue weighted by Gasteiger charge is -2.24. The van der Waals surface area contributed by atoms with E-state index in [-0.39, 0.29) is 22.3 Å². The lowest BCUT2D eigenvalue weighted by molar-refractivity contribution is 0.440. The Hall–Kier alpha value is -1.96. The van der Waals surface area contributed by atoms with Crippen LogP contribution in [0, 0.1) is 20.3 Å². The third-order valence-electron chi connectivity index (χ3n) is 4.39. The third-order valence-corrected chi connectivity index (χ3v) is 4.39. The summed E-state index contributed by atoms with van der Waals surface area (Å²) in [6, 6.07) is 7.83. The molecular weight excluding hydrogens is 308 g/mol. The molecule has 0 spiro atoms. The number of phenolic OH excluding ortho intramolecular Hbond substituents is 2. The Morgan fingerprint density at radius 3 is 1.24 bits per heavy atom. The van der Waals surface area contributed by atoms with Crippen molar-refractivity contribution in [3.8, 4) is 11.5 Å². The van der Waals surface area contributed by atoms with Crippen molar-refractivity contribution >= 4 is 0 Å². The number of aromatic hydroxyl groups is 2. The molecule has 0 amide bonds. The maximum atomic E-state index is 10.8. The minimum Gasteiger partial charge on any atom is -0.507 e. The minimum absolute atomic E-state index is 0.169. The predicted molar refractivity (Wildman–Crippen MR) is 105 cm³/mol. The van der Waals surface area contributed by atoms with Gasteiger partial charge in [0.15, 0.2) is 0 Å².